The van der Waals surface area contributed by atoms with Gasteiger partial charge in [-0.1, -0.05) is 6.07 Å². The van der Waals surface area contributed by atoms with E-state index in [0.29, 0.717) is 34.4 Å². The summed E-state index contributed by atoms with van der Waals surface area (Å²) in [6.45, 7) is 7.45. The van der Waals surface area contributed by atoms with Crippen LogP contribution in [0.25, 0.3) is 22.0 Å². The molecule has 192 valence electrons. The van der Waals surface area contributed by atoms with Crippen LogP contribution in [0.15, 0.2) is 47.3 Å². The van der Waals surface area contributed by atoms with Crippen LogP contribution in [0.1, 0.15) is 33.1 Å². The van der Waals surface area contributed by atoms with E-state index in [1.807, 2.05) is 32.0 Å². The fourth-order valence-electron chi connectivity index (χ4n) is 4.63. The van der Waals surface area contributed by atoms with Gasteiger partial charge in [0, 0.05) is 18.2 Å². The fraction of sp³-hybridized carbons (Fsp3) is 0.429. The Morgan fingerprint density at radius 3 is 2.61 bits per heavy atom. The maximum Gasteiger partial charge on any atom is 0.259 e. The molecule has 0 saturated carbocycles. The highest BCUT2D eigenvalue weighted by Gasteiger charge is 2.17. The van der Waals surface area contributed by atoms with E-state index in [1.54, 1.807) is 12.1 Å². The van der Waals surface area contributed by atoms with Crippen LogP contribution in [-0.4, -0.2) is 54.8 Å². The first-order valence-corrected chi connectivity index (χ1v) is 12.5. The molecule has 0 bridgehead atoms. The zero-order chi connectivity index (χ0) is 25.7. The van der Waals surface area contributed by atoms with Gasteiger partial charge in [-0.15, -0.1) is 0 Å². The molecule has 0 unspecified atom stereocenters. The topological polar surface area (TPSA) is 72.8 Å². The Balaban J connectivity index is 1.66. The van der Waals surface area contributed by atoms with Gasteiger partial charge in [-0.3, -0.25) is 14.2 Å². The molecule has 1 aliphatic heterocycles. The van der Waals surface area contributed by atoms with Gasteiger partial charge >= 0.3 is 0 Å². The van der Waals surface area contributed by atoms with Gasteiger partial charge in [0.1, 0.15) is 12.3 Å². The lowest BCUT2D eigenvalue weighted by molar-refractivity contribution is -0.122. The van der Waals surface area contributed by atoms with Crippen LogP contribution < -0.4 is 20.3 Å². The number of aromatic nitrogens is 1. The number of fused-ring (bicyclic) bond motifs is 1. The first-order chi connectivity index (χ1) is 17.4. The van der Waals surface area contributed by atoms with E-state index in [4.69, 9.17) is 9.47 Å². The van der Waals surface area contributed by atoms with Gasteiger partial charge in [0.25, 0.3) is 5.56 Å². The number of halogens is 1. The Labute approximate surface area is 210 Å². The molecule has 4 rings (SSSR count). The third-order valence-electron chi connectivity index (χ3n) is 6.37. The summed E-state index contributed by atoms with van der Waals surface area (Å²) >= 11 is 0. The van der Waals surface area contributed by atoms with Crippen molar-refractivity contribution in [3.8, 4) is 22.8 Å². The van der Waals surface area contributed by atoms with Gasteiger partial charge in [-0.25, -0.2) is 4.39 Å². The van der Waals surface area contributed by atoms with Crippen LogP contribution in [0.5, 0.6) is 11.5 Å². The van der Waals surface area contributed by atoms with E-state index < -0.39 is 5.82 Å². The van der Waals surface area contributed by atoms with E-state index in [2.05, 4.69) is 10.2 Å². The molecule has 0 radical (unpaired) electrons. The molecule has 1 amide bonds. The molecular weight excluding hydrogens is 461 g/mol. The number of carbonyl (C=O) groups excluding carboxylic acids is 1. The summed E-state index contributed by atoms with van der Waals surface area (Å²) in [6, 6.07) is 11.6. The predicted octanol–water partition coefficient (Wildman–Crippen LogP) is 4.21. The zero-order valence-electron chi connectivity index (χ0n) is 21.2. The number of hydrogen-bond donors (Lipinski definition) is 1. The number of likely N-dealkylation sites (tertiary alicyclic amines) is 1. The van der Waals surface area contributed by atoms with E-state index in [1.165, 1.54) is 36.7 Å². The fourth-order valence-corrected chi connectivity index (χ4v) is 4.63. The third-order valence-corrected chi connectivity index (χ3v) is 6.37. The lowest BCUT2D eigenvalue weighted by Gasteiger charge is -2.17. The first kappa shape index (κ1) is 25.7. The van der Waals surface area contributed by atoms with Crippen molar-refractivity contribution in [1.29, 1.82) is 0 Å². The second kappa shape index (κ2) is 11.6. The number of amides is 1. The summed E-state index contributed by atoms with van der Waals surface area (Å²) in [5.74, 6) is -0.0950. The summed E-state index contributed by atoms with van der Waals surface area (Å²) in [5.41, 5.74) is 0.767. The minimum absolute atomic E-state index is 0.0657. The van der Waals surface area contributed by atoms with Crippen LogP contribution in [0.3, 0.4) is 0 Å². The summed E-state index contributed by atoms with van der Waals surface area (Å²) in [7, 11) is 1.39. The molecule has 1 aliphatic rings. The lowest BCUT2D eigenvalue weighted by atomic mass is 10.1. The van der Waals surface area contributed by atoms with Crippen LogP contribution in [-0.2, 0) is 11.3 Å². The summed E-state index contributed by atoms with van der Waals surface area (Å²) in [6.07, 6.45) is 3.45. The Bertz CT molecular complexity index is 1280. The van der Waals surface area contributed by atoms with Gasteiger partial charge in [0.15, 0.2) is 11.6 Å². The number of carbonyl (C=O) groups is 1. The van der Waals surface area contributed by atoms with E-state index in [9.17, 15) is 14.0 Å². The summed E-state index contributed by atoms with van der Waals surface area (Å²) in [4.78, 5) is 28.7. The van der Waals surface area contributed by atoms with Crippen molar-refractivity contribution in [1.82, 2.24) is 14.8 Å². The molecule has 1 fully saturated rings. The van der Waals surface area contributed by atoms with Crippen molar-refractivity contribution < 1.29 is 18.7 Å². The molecule has 7 nitrogen and oxygen atoms in total. The van der Waals surface area contributed by atoms with E-state index in [-0.39, 0.29) is 29.8 Å². The Morgan fingerprint density at radius 1 is 1.11 bits per heavy atom. The molecule has 36 heavy (non-hydrogen) atoms. The maximum atomic E-state index is 14.1. The number of ether oxygens (including phenoxy) is 2. The highest BCUT2D eigenvalue weighted by atomic mass is 19.1. The molecule has 1 saturated heterocycles. The number of nitrogens with one attached hydrogen (secondary N) is 1. The van der Waals surface area contributed by atoms with Crippen molar-refractivity contribution in [2.45, 2.75) is 45.7 Å². The standard InChI is InChI=1S/C28H34FN3O4/c1-19(2)30-27(33)18-32-25(21-8-10-24(29)26(16-21)35-3)15-20-7-9-22(17-23(20)28(32)34)36-14-6-13-31-11-4-5-12-31/h7-10,15-17,19H,4-6,11-14,18H2,1-3H3,(H,30,33). The molecule has 2 heterocycles. The number of rotatable bonds is 10. The van der Waals surface area contributed by atoms with Crippen molar-refractivity contribution in [2.24, 2.45) is 0 Å². The first-order valence-electron chi connectivity index (χ1n) is 12.5. The smallest absolute Gasteiger partial charge is 0.259 e. The molecular formula is C28H34FN3O4. The van der Waals surface area contributed by atoms with Crippen molar-refractivity contribution >= 4 is 16.7 Å². The monoisotopic (exact) mass is 495 g/mol. The van der Waals surface area contributed by atoms with Crippen LogP contribution in [0.4, 0.5) is 4.39 Å². The van der Waals surface area contributed by atoms with Crippen molar-refractivity contribution in [2.75, 3.05) is 33.4 Å². The zero-order valence-corrected chi connectivity index (χ0v) is 21.2. The van der Waals surface area contributed by atoms with Gasteiger partial charge in [-0.2, -0.15) is 0 Å². The average molecular weight is 496 g/mol. The lowest BCUT2D eigenvalue weighted by Crippen LogP contribution is -2.36. The highest BCUT2D eigenvalue weighted by molar-refractivity contribution is 5.87. The molecule has 0 aliphatic carbocycles. The molecule has 3 aromatic rings. The summed E-state index contributed by atoms with van der Waals surface area (Å²) < 4.78 is 26.6. The van der Waals surface area contributed by atoms with Crippen LogP contribution >= 0.6 is 0 Å². The highest BCUT2D eigenvalue weighted by Crippen LogP contribution is 2.29. The SMILES string of the molecule is COc1cc(-c2cc3ccc(OCCCN4CCCC4)cc3c(=O)n2CC(=O)NC(C)C)ccc1F. The Morgan fingerprint density at radius 2 is 1.89 bits per heavy atom. The molecule has 1 N–H and O–H groups in total. The van der Waals surface area contributed by atoms with Gasteiger partial charge in [-0.05, 0) is 88.0 Å². The number of methoxy groups -OCH3 is 1. The van der Waals surface area contributed by atoms with Gasteiger partial charge < -0.3 is 19.7 Å². The van der Waals surface area contributed by atoms with Crippen molar-refractivity contribution in [3.05, 3.63) is 58.6 Å². The Kier molecular flexibility index (Phi) is 8.25. The van der Waals surface area contributed by atoms with E-state index in [0.717, 1.165) is 26.1 Å². The normalized spacial score (nSPS) is 13.9. The number of benzene rings is 2. The van der Waals surface area contributed by atoms with E-state index >= 15 is 0 Å². The molecule has 0 atom stereocenters. The minimum atomic E-state index is -0.500. The second-order valence-electron chi connectivity index (χ2n) is 9.49. The number of pyridine rings is 1. The van der Waals surface area contributed by atoms with Crippen molar-refractivity contribution in [3.63, 3.8) is 0 Å². The second-order valence-corrected chi connectivity index (χ2v) is 9.49. The van der Waals surface area contributed by atoms with Crippen LogP contribution in [0.2, 0.25) is 0 Å². The number of nitrogens with zero attached hydrogens (tertiary/aromatic N) is 2. The maximum absolute atomic E-state index is 14.1. The summed E-state index contributed by atoms with van der Waals surface area (Å²) in [5, 5.41) is 4.01. The average Bonchev–Trinajstić information content (AvgIpc) is 3.37. The predicted molar refractivity (Wildman–Crippen MR) is 139 cm³/mol. The quantitative estimate of drug-likeness (QED) is 0.427. The van der Waals surface area contributed by atoms with Crippen LogP contribution in [0, 0.1) is 5.82 Å². The van der Waals surface area contributed by atoms with Gasteiger partial charge in [0.2, 0.25) is 5.91 Å². The largest absolute Gasteiger partial charge is 0.494 e. The molecule has 8 heteroatoms. The molecule has 2 aromatic carbocycles. The minimum Gasteiger partial charge on any atom is -0.494 e. The molecule has 1 aromatic heterocycles. The number of hydrogen-bond acceptors (Lipinski definition) is 5. The third kappa shape index (κ3) is 6.05. The van der Waals surface area contributed by atoms with Gasteiger partial charge in [0.05, 0.1) is 24.8 Å². The Hall–Kier alpha value is -3.39. The molecule has 0 spiro atoms.